The van der Waals surface area contributed by atoms with Crippen LogP contribution < -0.4 is 45.0 Å². The number of methoxy groups -OCH3 is 1. The fourth-order valence-corrected chi connectivity index (χ4v) is 12.6. The second-order valence-electron chi connectivity index (χ2n) is 22.2. The summed E-state index contributed by atoms with van der Waals surface area (Å²) in [7, 11) is -5.70. The molecule has 4 fully saturated rings. The third-order valence-corrected chi connectivity index (χ3v) is 17.0. The van der Waals surface area contributed by atoms with E-state index in [0.717, 1.165) is 43.3 Å². The number of anilines is 10. The number of amides is 1. The number of halogens is 4. The molecule has 8 heterocycles. The Labute approximate surface area is 518 Å². The number of sulfonamides is 2. The van der Waals surface area contributed by atoms with Gasteiger partial charge in [-0.15, -0.1) is 0 Å². The molecule has 0 aliphatic carbocycles. The number of piperazine rings is 2. The number of carbonyl (C=O) groups excluding carboxylic acids is 1. The van der Waals surface area contributed by atoms with Crippen molar-refractivity contribution < 1.29 is 53.4 Å². The Morgan fingerprint density at radius 2 is 0.978 bits per heavy atom. The summed E-state index contributed by atoms with van der Waals surface area (Å²) in [6.45, 7) is 13.1. The number of benzene rings is 4. The monoisotopic (exact) mass is 1280 g/mol. The molecule has 1 amide bonds. The fraction of sp³-hybridized carbons (Fsp3) is 0.339. The first-order valence-electron chi connectivity index (χ1n) is 29.1. The molecule has 4 aliphatic heterocycles. The first-order chi connectivity index (χ1) is 43.2. The molecule has 0 bridgehead atoms. The van der Waals surface area contributed by atoms with Gasteiger partial charge in [-0.05, 0) is 49.2 Å². The van der Waals surface area contributed by atoms with Crippen LogP contribution in [0.15, 0.2) is 97.3 Å². The van der Waals surface area contributed by atoms with E-state index in [4.69, 9.17) is 34.1 Å². The van der Waals surface area contributed by atoms with E-state index >= 15 is 8.78 Å². The van der Waals surface area contributed by atoms with Crippen molar-refractivity contribution in [1.29, 1.82) is 0 Å². The standard InChI is InChI=1S/C32H35F2N7O5S.C30H33F2N7O3S/c1-20-30(29-25(34)16-22(33)17-27(29)37-31(20)40-7-9-41(10-8-40)32(42)45-2)36-26-18-28(39-11-13-46-14-12-39)35-19-24(26)21-5-4-6-23(15-21)38-47(3,43)44;1-19-29(28-24(32)15-21(31)16-26(28)36-30(19)39-8-6-33-7-9-39)35-25-17-27(38-10-12-42-13-11-38)34-18-23(25)20-4-3-5-22(14-20)37-43(2,40)41/h4-6,15-19,38H,7-14H2,1-3H3,(H,35,36,37);3-5,14-18,33,37H,6-13H2,1-2H3,(H,34,35,36). The van der Waals surface area contributed by atoms with Crippen LogP contribution in [-0.2, 0) is 34.3 Å². The molecule has 12 rings (SSSR count). The number of aromatic nitrogens is 4. The molecule has 4 aromatic heterocycles. The molecule has 0 spiro atoms. The van der Waals surface area contributed by atoms with Crippen molar-refractivity contribution in [2.45, 2.75) is 13.8 Å². The highest BCUT2D eigenvalue weighted by Crippen LogP contribution is 2.43. The van der Waals surface area contributed by atoms with Crippen LogP contribution in [0.1, 0.15) is 11.1 Å². The van der Waals surface area contributed by atoms with Crippen LogP contribution in [-0.4, -0.2) is 172 Å². The average Bonchev–Trinajstić information content (AvgIpc) is 0.911. The molecule has 4 aliphatic rings. The van der Waals surface area contributed by atoms with Crippen molar-refractivity contribution in [2.24, 2.45) is 0 Å². The topological polar surface area (TPSA) is 241 Å². The minimum atomic E-state index is -3.53. The Kier molecular flexibility index (Phi) is 18.6. The van der Waals surface area contributed by atoms with E-state index < -0.39 is 49.4 Å². The van der Waals surface area contributed by atoms with Gasteiger partial charge in [0.2, 0.25) is 20.0 Å². The third kappa shape index (κ3) is 14.4. The number of ether oxygens (including phenoxy) is 3. The van der Waals surface area contributed by atoms with Crippen molar-refractivity contribution in [3.63, 3.8) is 0 Å². The molecular weight excluding hydrogens is 1210 g/mol. The Morgan fingerprint density at radius 1 is 0.556 bits per heavy atom. The van der Waals surface area contributed by atoms with E-state index in [1.807, 2.05) is 43.0 Å². The summed E-state index contributed by atoms with van der Waals surface area (Å²) in [5.74, 6) is -0.382. The minimum absolute atomic E-state index is 0.115. The first kappa shape index (κ1) is 62.8. The number of morpholine rings is 2. The third-order valence-electron chi connectivity index (χ3n) is 15.8. The maximum Gasteiger partial charge on any atom is 0.409 e. The summed E-state index contributed by atoms with van der Waals surface area (Å²) in [6.07, 6.45) is 5.16. The van der Waals surface area contributed by atoms with Gasteiger partial charge in [0.1, 0.15) is 46.5 Å². The maximum absolute atomic E-state index is 15.7. The number of hydrogen-bond donors (Lipinski definition) is 5. The Hall–Kier alpha value is -8.83. The Balaban J connectivity index is 0.000000186. The van der Waals surface area contributed by atoms with Gasteiger partial charge >= 0.3 is 6.09 Å². The van der Waals surface area contributed by atoms with Crippen LogP contribution in [0.5, 0.6) is 0 Å². The molecule has 8 aromatic rings. The number of rotatable bonds is 14. The summed E-state index contributed by atoms with van der Waals surface area (Å²) in [6, 6.07) is 21.8. The van der Waals surface area contributed by atoms with Crippen molar-refractivity contribution in [2.75, 3.05) is 164 Å². The van der Waals surface area contributed by atoms with Crippen molar-refractivity contribution in [1.82, 2.24) is 30.2 Å². The van der Waals surface area contributed by atoms with Gasteiger partial charge in [-0.25, -0.2) is 59.1 Å². The van der Waals surface area contributed by atoms with Gasteiger partial charge in [-0.2, -0.15) is 0 Å². The van der Waals surface area contributed by atoms with Crippen LogP contribution in [0.25, 0.3) is 44.1 Å². The molecule has 0 atom stereocenters. The van der Waals surface area contributed by atoms with Gasteiger partial charge in [0.05, 0.1) is 90.6 Å². The van der Waals surface area contributed by atoms with E-state index in [1.165, 1.54) is 19.2 Å². The van der Waals surface area contributed by atoms with Crippen molar-refractivity contribution in [3.8, 4) is 22.3 Å². The summed E-state index contributed by atoms with van der Waals surface area (Å²) < 4.78 is 129. The predicted molar refractivity (Wildman–Crippen MR) is 343 cm³/mol. The molecule has 4 aromatic carbocycles. The normalized spacial score (nSPS) is 15.8. The van der Waals surface area contributed by atoms with Gasteiger partial charge in [0.15, 0.2) is 0 Å². The molecule has 22 nitrogen and oxygen atoms in total. The predicted octanol–water partition coefficient (Wildman–Crippen LogP) is 8.97. The van der Waals surface area contributed by atoms with Crippen LogP contribution in [0.3, 0.4) is 0 Å². The lowest BCUT2D eigenvalue weighted by atomic mass is 10.0. The quantitative estimate of drug-likeness (QED) is 0.0638. The number of pyridine rings is 4. The Morgan fingerprint density at radius 3 is 1.39 bits per heavy atom. The minimum Gasteiger partial charge on any atom is -0.453 e. The molecule has 0 unspecified atom stereocenters. The highest BCUT2D eigenvalue weighted by molar-refractivity contribution is 7.92. The Bertz CT molecular complexity index is 4250. The SMILES string of the molecule is COC(=O)N1CCN(c2nc3cc(F)cc(F)c3c(Nc3cc(N4CCOCC4)ncc3-c3cccc(NS(C)(=O)=O)c3)c2C)CC1.Cc1c(N2CCNCC2)nc2cc(F)cc(F)c2c1Nc1cc(N2CCOCC2)ncc1-c1cccc(NS(C)(=O)=O)c1. The van der Waals surface area contributed by atoms with Gasteiger partial charge in [-0.3, -0.25) is 9.44 Å². The van der Waals surface area contributed by atoms with E-state index in [9.17, 15) is 30.4 Å². The zero-order valence-corrected chi connectivity index (χ0v) is 51.8. The molecule has 5 N–H and O–H groups in total. The van der Waals surface area contributed by atoms with Gasteiger partial charge < -0.3 is 54.7 Å². The fourth-order valence-electron chi connectivity index (χ4n) is 11.5. The number of carbonyl (C=O) groups is 1. The molecule has 0 saturated carbocycles. The lowest BCUT2D eigenvalue weighted by Crippen LogP contribution is -2.49. The van der Waals surface area contributed by atoms with Crippen molar-refractivity contribution >= 4 is 105 Å². The summed E-state index contributed by atoms with van der Waals surface area (Å²) in [5, 5.41) is 10.6. The van der Waals surface area contributed by atoms with E-state index in [0.29, 0.717) is 177 Å². The molecule has 28 heteroatoms. The second kappa shape index (κ2) is 26.7. The molecule has 474 valence electrons. The summed E-state index contributed by atoms with van der Waals surface area (Å²) in [5.41, 5.74) is 7.16. The number of fused-ring (bicyclic) bond motifs is 2. The van der Waals surface area contributed by atoms with E-state index in [2.05, 4.69) is 40.1 Å². The maximum atomic E-state index is 15.7. The van der Waals surface area contributed by atoms with Gasteiger partial charge in [0.25, 0.3) is 0 Å². The van der Waals surface area contributed by atoms with Crippen molar-refractivity contribution in [3.05, 3.63) is 132 Å². The lowest BCUT2D eigenvalue weighted by Gasteiger charge is -2.35. The lowest BCUT2D eigenvalue weighted by molar-refractivity contribution is 0.121. The molecule has 90 heavy (non-hydrogen) atoms. The number of hydrogen-bond acceptors (Lipinski definition) is 19. The average molecular weight is 1280 g/mol. The number of nitrogens with one attached hydrogen (secondary N) is 5. The smallest absolute Gasteiger partial charge is 0.409 e. The van der Waals surface area contributed by atoms with Gasteiger partial charge in [0, 0.05) is 161 Å². The zero-order valence-electron chi connectivity index (χ0n) is 50.2. The van der Waals surface area contributed by atoms with E-state index in [-0.39, 0.29) is 21.8 Å². The molecular formula is C62H68F4N14O8S2. The summed E-state index contributed by atoms with van der Waals surface area (Å²) >= 11 is 0. The van der Waals surface area contributed by atoms with Crippen LogP contribution in [0.2, 0.25) is 0 Å². The van der Waals surface area contributed by atoms with E-state index in [1.54, 1.807) is 53.7 Å². The summed E-state index contributed by atoms with van der Waals surface area (Å²) in [4.78, 5) is 40.8. The van der Waals surface area contributed by atoms with Crippen LogP contribution in [0, 0.1) is 37.1 Å². The van der Waals surface area contributed by atoms with Crippen LogP contribution >= 0.6 is 0 Å². The molecule has 0 radical (unpaired) electrons. The first-order valence-corrected chi connectivity index (χ1v) is 32.9. The highest BCUT2D eigenvalue weighted by atomic mass is 32.2. The largest absolute Gasteiger partial charge is 0.453 e. The molecule has 4 saturated heterocycles. The number of nitrogens with zero attached hydrogens (tertiary/aromatic N) is 9. The highest BCUT2D eigenvalue weighted by Gasteiger charge is 2.29. The van der Waals surface area contributed by atoms with Crippen LogP contribution in [0.4, 0.5) is 79.8 Å². The zero-order chi connectivity index (χ0) is 63.4. The van der Waals surface area contributed by atoms with Gasteiger partial charge in [-0.1, -0.05) is 24.3 Å². The second-order valence-corrected chi connectivity index (χ2v) is 25.6.